The van der Waals surface area contributed by atoms with Crippen molar-refractivity contribution in [3.63, 3.8) is 0 Å². The van der Waals surface area contributed by atoms with E-state index in [1.807, 2.05) is 19.1 Å². The van der Waals surface area contributed by atoms with Crippen LogP contribution in [0.4, 0.5) is 0 Å². The Labute approximate surface area is 91.7 Å². The first-order chi connectivity index (χ1) is 7.20. The highest BCUT2D eigenvalue weighted by molar-refractivity contribution is 7.20. The lowest BCUT2D eigenvalue weighted by Gasteiger charge is -1.95. The van der Waals surface area contributed by atoms with Crippen molar-refractivity contribution < 1.29 is 9.53 Å². The summed E-state index contributed by atoms with van der Waals surface area (Å²) in [6.45, 7) is 4.18. The molecule has 0 atom stereocenters. The maximum Gasteiger partial charge on any atom is 0.348 e. The summed E-state index contributed by atoms with van der Waals surface area (Å²) in [7, 11) is 0. The summed E-state index contributed by atoms with van der Waals surface area (Å²) in [4.78, 5) is 17.2. The van der Waals surface area contributed by atoms with E-state index in [9.17, 15) is 4.79 Å². The van der Waals surface area contributed by atoms with Crippen molar-refractivity contribution in [1.29, 1.82) is 0 Å². The maximum absolute atomic E-state index is 11.5. The minimum atomic E-state index is -0.266. The highest BCUT2D eigenvalue weighted by Crippen LogP contribution is 2.24. The summed E-state index contributed by atoms with van der Waals surface area (Å²) in [5.41, 5.74) is 1.09. The summed E-state index contributed by atoms with van der Waals surface area (Å²) in [5.74, 6) is -0.266. The lowest BCUT2D eigenvalue weighted by atomic mass is 10.2. The number of aromatic nitrogens is 1. The SMILES string of the molecule is CCOC(=O)c1cc2cc(C)cnc2s1. The Morgan fingerprint density at radius 3 is 3.07 bits per heavy atom. The van der Waals surface area contributed by atoms with Crippen LogP contribution in [0.25, 0.3) is 10.2 Å². The van der Waals surface area contributed by atoms with E-state index in [2.05, 4.69) is 4.98 Å². The molecule has 2 rings (SSSR count). The molecule has 78 valence electrons. The third-order valence-electron chi connectivity index (χ3n) is 1.99. The van der Waals surface area contributed by atoms with E-state index in [0.29, 0.717) is 11.5 Å². The van der Waals surface area contributed by atoms with Gasteiger partial charge in [0, 0.05) is 11.6 Å². The van der Waals surface area contributed by atoms with Gasteiger partial charge in [-0.1, -0.05) is 0 Å². The van der Waals surface area contributed by atoms with Crippen LogP contribution in [-0.2, 0) is 4.74 Å². The van der Waals surface area contributed by atoms with Crippen LogP contribution in [0, 0.1) is 6.92 Å². The van der Waals surface area contributed by atoms with E-state index >= 15 is 0 Å². The van der Waals surface area contributed by atoms with Gasteiger partial charge in [0.05, 0.1) is 6.61 Å². The van der Waals surface area contributed by atoms with Crippen molar-refractivity contribution in [2.24, 2.45) is 0 Å². The van der Waals surface area contributed by atoms with Crippen molar-refractivity contribution >= 4 is 27.5 Å². The van der Waals surface area contributed by atoms with Gasteiger partial charge in [-0.25, -0.2) is 9.78 Å². The third kappa shape index (κ3) is 1.99. The number of carbonyl (C=O) groups is 1. The fourth-order valence-electron chi connectivity index (χ4n) is 1.35. The van der Waals surface area contributed by atoms with E-state index < -0.39 is 0 Å². The summed E-state index contributed by atoms with van der Waals surface area (Å²) in [5, 5.41) is 1.00. The van der Waals surface area contributed by atoms with Gasteiger partial charge in [0.15, 0.2) is 0 Å². The molecule has 0 saturated carbocycles. The molecule has 0 N–H and O–H groups in total. The second-order valence-corrected chi connectivity index (χ2v) is 4.27. The van der Waals surface area contributed by atoms with E-state index in [0.717, 1.165) is 15.8 Å². The first-order valence-corrected chi connectivity index (χ1v) is 5.55. The topological polar surface area (TPSA) is 39.2 Å². The average molecular weight is 221 g/mol. The van der Waals surface area contributed by atoms with Crippen LogP contribution >= 0.6 is 11.3 Å². The van der Waals surface area contributed by atoms with Gasteiger partial charge in [-0.2, -0.15) is 0 Å². The first kappa shape index (κ1) is 10.1. The molecule has 0 saturated heterocycles. The predicted molar refractivity (Wildman–Crippen MR) is 60.3 cm³/mol. The maximum atomic E-state index is 11.5. The zero-order chi connectivity index (χ0) is 10.8. The van der Waals surface area contributed by atoms with Crippen LogP contribution < -0.4 is 0 Å². The Morgan fingerprint density at radius 1 is 1.53 bits per heavy atom. The molecule has 0 aliphatic carbocycles. The van der Waals surface area contributed by atoms with Crippen LogP contribution in [-0.4, -0.2) is 17.6 Å². The zero-order valence-electron chi connectivity index (χ0n) is 8.61. The van der Waals surface area contributed by atoms with Crippen LogP contribution in [0.2, 0.25) is 0 Å². The number of nitrogens with zero attached hydrogens (tertiary/aromatic N) is 1. The molecule has 15 heavy (non-hydrogen) atoms. The molecule has 0 amide bonds. The number of carbonyl (C=O) groups excluding carboxylic acids is 1. The number of pyridine rings is 1. The number of hydrogen-bond acceptors (Lipinski definition) is 4. The van der Waals surface area contributed by atoms with Gasteiger partial charge in [0.25, 0.3) is 0 Å². The van der Waals surface area contributed by atoms with Crippen LogP contribution in [0.15, 0.2) is 18.3 Å². The van der Waals surface area contributed by atoms with E-state index in [-0.39, 0.29) is 5.97 Å². The van der Waals surface area contributed by atoms with Crippen LogP contribution in [0.3, 0.4) is 0 Å². The Balaban J connectivity index is 2.42. The molecule has 0 unspecified atom stereocenters. The number of fused-ring (bicyclic) bond motifs is 1. The second-order valence-electron chi connectivity index (χ2n) is 3.24. The number of hydrogen-bond donors (Lipinski definition) is 0. The molecule has 0 fully saturated rings. The Bertz CT molecular complexity index is 504. The summed E-state index contributed by atoms with van der Waals surface area (Å²) in [6, 6.07) is 3.85. The fraction of sp³-hybridized carbons (Fsp3) is 0.273. The van der Waals surface area contributed by atoms with Crippen molar-refractivity contribution in [3.05, 3.63) is 28.8 Å². The van der Waals surface area contributed by atoms with Crippen molar-refractivity contribution in [3.8, 4) is 0 Å². The third-order valence-corrected chi connectivity index (χ3v) is 3.02. The Kier molecular flexibility index (Phi) is 2.68. The Hall–Kier alpha value is -1.42. The minimum absolute atomic E-state index is 0.266. The van der Waals surface area contributed by atoms with Crippen molar-refractivity contribution in [2.75, 3.05) is 6.61 Å². The molecule has 3 nitrogen and oxygen atoms in total. The smallest absolute Gasteiger partial charge is 0.348 e. The van der Waals surface area contributed by atoms with Gasteiger partial charge < -0.3 is 4.74 Å². The van der Waals surface area contributed by atoms with Crippen molar-refractivity contribution in [2.45, 2.75) is 13.8 Å². The molecule has 0 spiro atoms. The van der Waals surface area contributed by atoms with Gasteiger partial charge >= 0.3 is 5.97 Å². The average Bonchev–Trinajstić information content (AvgIpc) is 2.60. The number of thiophene rings is 1. The van der Waals surface area contributed by atoms with Gasteiger partial charge in [-0.15, -0.1) is 11.3 Å². The number of esters is 1. The molecular formula is C11H11NO2S. The summed E-state index contributed by atoms with van der Waals surface area (Å²) < 4.78 is 4.93. The lowest BCUT2D eigenvalue weighted by Crippen LogP contribution is -2.01. The van der Waals surface area contributed by atoms with E-state index in [1.165, 1.54) is 11.3 Å². The quantitative estimate of drug-likeness (QED) is 0.732. The molecule has 0 aliphatic heterocycles. The molecule has 0 radical (unpaired) electrons. The molecule has 0 aromatic carbocycles. The molecule has 2 heterocycles. The van der Waals surface area contributed by atoms with Gasteiger partial charge in [-0.05, 0) is 31.5 Å². The molecular weight excluding hydrogens is 210 g/mol. The van der Waals surface area contributed by atoms with Gasteiger partial charge in [0.2, 0.25) is 0 Å². The minimum Gasteiger partial charge on any atom is -0.462 e. The lowest BCUT2D eigenvalue weighted by molar-refractivity contribution is 0.0532. The van der Waals surface area contributed by atoms with Gasteiger partial charge in [0.1, 0.15) is 9.71 Å². The summed E-state index contributed by atoms with van der Waals surface area (Å²) >= 11 is 1.37. The highest BCUT2D eigenvalue weighted by atomic mass is 32.1. The van der Waals surface area contributed by atoms with E-state index in [1.54, 1.807) is 13.1 Å². The van der Waals surface area contributed by atoms with Crippen molar-refractivity contribution in [1.82, 2.24) is 4.98 Å². The zero-order valence-corrected chi connectivity index (χ0v) is 9.43. The monoisotopic (exact) mass is 221 g/mol. The number of rotatable bonds is 2. The largest absolute Gasteiger partial charge is 0.462 e. The molecule has 2 aromatic heterocycles. The van der Waals surface area contributed by atoms with Crippen LogP contribution in [0.1, 0.15) is 22.2 Å². The fourth-order valence-corrected chi connectivity index (χ4v) is 2.22. The normalized spacial score (nSPS) is 10.5. The standard InChI is InChI=1S/C11H11NO2S/c1-3-14-11(13)9-5-8-4-7(2)6-12-10(8)15-9/h4-6H,3H2,1-2H3. The predicted octanol–water partition coefficient (Wildman–Crippen LogP) is 2.78. The molecule has 0 aliphatic rings. The number of aryl methyl sites for hydroxylation is 1. The highest BCUT2D eigenvalue weighted by Gasteiger charge is 2.11. The first-order valence-electron chi connectivity index (χ1n) is 4.74. The molecule has 2 aromatic rings. The number of ether oxygens (including phenoxy) is 1. The second kappa shape index (κ2) is 3.98. The van der Waals surface area contributed by atoms with Gasteiger partial charge in [-0.3, -0.25) is 0 Å². The van der Waals surface area contributed by atoms with E-state index in [4.69, 9.17) is 4.74 Å². The molecule has 0 bridgehead atoms. The Morgan fingerprint density at radius 2 is 2.33 bits per heavy atom. The molecule has 4 heteroatoms. The summed E-state index contributed by atoms with van der Waals surface area (Å²) in [6.07, 6.45) is 1.80. The van der Waals surface area contributed by atoms with Crippen LogP contribution in [0.5, 0.6) is 0 Å².